The molecule has 0 aliphatic heterocycles. The fourth-order valence-corrected chi connectivity index (χ4v) is 2.04. The summed E-state index contributed by atoms with van der Waals surface area (Å²) in [5, 5.41) is 3.14. The minimum Gasteiger partial charge on any atom is -0.345 e. The molecule has 0 aliphatic rings. The zero-order chi connectivity index (χ0) is 15.8. The number of carbonyl (C=O) groups excluding carboxylic acids is 1. The Labute approximate surface area is 126 Å². The van der Waals surface area contributed by atoms with Crippen LogP contribution in [0.15, 0.2) is 41.6 Å². The second kappa shape index (κ2) is 8.15. The van der Waals surface area contributed by atoms with Crippen LogP contribution in [0, 0.1) is 4.91 Å². The molecule has 1 aromatic carbocycles. The molecule has 21 heavy (non-hydrogen) atoms. The summed E-state index contributed by atoms with van der Waals surface area (Å²) < 4.78 is 0. The highest BCUT2D eigenvalue weighted by atomic mass is 16.3. The smallest absolute Gasteiger partial charge is 0.209 e. The van der Waals surface area contributed by atoms with Gasteiger partial charge in [0.25, 0.3) is 0 Å². The Morgan fingerprint density at radius 3 is 2.62 bits per heavy atom. The maximum Gasteiger partial charge on any atom is 0.209 e. The summed E-state index contributed by atoms with van der Waals surface area (Å²) in [5.74, 6) is 0.262. The van der Waals surface area contributed by atoms with Crippen molar-refractivity contribution < 1.29 is 4.79 Å². The Hall–Kier alpha value is -2.23. The summed E-state index contributed by atoms with van der Waals surface area (Å²) in [6.07, 6.45) is 6.61. The summed E-state index contributed by atoms with van der Waals surface area (Å²) in [7, 11) is 1.72. The van der Waals surface area contributed by atoms with E-state index < -0.39 is 0 Å². The SMILES string of the molecule is C/C=C(\C=C/CN(C)C=O)c1ccc(C(C)C)c(N=O)c1. The van der Waals surface area contributed by atoms with Gasteiger partial charge >= 0.3 is 0 Å². The molecule has 0 spiro atoms. The number of nitrogens with zero attached hydrogens (tertiary/aromatic N) is 2. The highest BCUT2D eigenvalue weighted by Crippen LogP contribution is 2.30. The first-order chi connectivity index (χ1) is 10.0. The summed E-state index contributed by atoms with van der Waals surface area (Å²) in [4.78, 5) is 23.1. The quantitative estimate of drug-likeness (QED) is 0.427. The van der Waals surface area contributed by atoms with E-state index in [1.54, 1.807) is 11.9 Å². The molecule has 0 saturated heterocycles. The monoisotopic (exact) mass is 286 g/mol. The molecule has 1 amide bonds. The number of benzene rings is 1. The zero-order valence-electron chi connectivity index (χ0n) is 13.0. The van der Waals surface area contributed by atoms with Crippen molar-refractivity contribution in [3.63, 3.8) is 0 Å². The Balaban J connectivity index is 3.02. The third-order valence-corrected chi connectivity index (χ3v) is 3.27. The molecule has 0 saturated carbocycles. The van der Waals surface area contributed by atoms with Gasteiger partial charge < -0.3 is 4.90 Å². The van der Waals surface area contributed by atoms with E-state index in [2.05, 4.69) is 5.18 Å². The van der Waals surface area contributed by atoms with Gasteiger partial charge in [0, 0.05) is 13.6 Å². The molecule has 0 unspecified atom stereocenters. The largest absolute Gasteiger partial charge is 0.345 e. The van der Waals surface area contributed by atoms with Gasteiger partial charge in [0.1, 0.15) is 5.69 Å². The van der Waals surface area contributed by atoms with E-state index in [9.17, 15) is 9.70 Å². The van der Waals surface area contributed by atoms with Gasteiger partial charge in [-0.1, -0.05) is 44.2 Å². The average Bonchev–Trinajstić information content (AvgIpc) is 2.50. The molecule has 112 valence electrons. The molecule has 0 heterocycles. The van der Waals surface area contributed by atoms with E-state index in [0.29, 0.717) is 12.2 Å². The predicted molar refractivity (Wildman–Crippen MR) is 87.5 cm³/mol. The number of likely N-dealkylation sites (N-methyl/N-ethyl adjacent to an activating group) is 1. The van der Waals surface area contributed by atoms with Gasteiger partial charge in [-0.15, -0.1) is 4.91 Å². The van der Waals surface area contributed by atoms with Crippen LogP contribution in [0.3, 0.4) is 0 Å². The first-order valence-corrected chi connectivity index (χ1v) is 6.99. The summed E-state index contributed by atoms with van der Waals surface area (Å²) in [6, 6.07) is 5.75. The van der Waals surface area contributed by atoms with Crippen molar-refractivity contribution in [3.8, 4) is 0 Å². The predicted octanol–water partition coefficient (Wildman–Crippen LogP) is 4.26. The summed E-state index contributed by atoms with van der Waals surface area (Å²) in [6.45, 7) is 6.56. The number of nitroso groups, excluding NO2 is 1. The van der Waals surface area contributed by atoms with Crippen molar-refractivity contribution in [2.24, 2.45) is 5.18 Å². The van der Waals surface area contributed by atoms with Crippen molar-refractivity contribution in [1.29, 1.82) is 0 Å². The molecule has 1 aromatic rings. The van der Waals surface area contributed by atoms with Crippen molar-refractivity contribution >= 4 is 17.7 Å². The lowest BCUT2D eigenvalue weighted by atomic mass is 9.96. The lowest BCUT2D eigenvalue weighted by Crippen LogP contribution is -2.14. The van der Waals surface area contributed by atoms with Crippen molar-refractivity contribution in [3.05, 3.63) is 52.5 Å². The van der Waals surface area contributed by atoms with Crippen LogP contribution in [-0.2, 0) is 4.79 Å². The van der Waals surface area contributed by atoms with Gasteiger partial charge in [0.05, 0.1) is 0 Å². The van der Waals surface area contributed by atoms with Gasteiger partial charge in [-0.3, -0.25) is 4.79 Å². The van der Waals surface area contributed by atoms with Gasteiger partial charge in [-0.25, -0.2) is 0 Å². The second-order valence-corrected chi connectivity index (χ2v) is 5.21. The lowest BCUT2D eigenvalue weighted by molar-refractivity contribution is -0.116. The Morgan fingerprint density at radius 2 is 2.10 bits per heavy atom. The Kier molecular flexibility index (Phi) is 6.53. The molecule has 0 aliphatic carbocycles. The molecule has 0 N–H and O–H groups in total. The van der Waals surface area contributed by atoms with Gasteiger partial charge in [0.2, 0.25) is 6.41 Å². The van der Waals surface area contributed by atoms with Crippen LogP contribution in [0.4, 0.5) is 5.69 Å². The Morgan fingerprint density at radius 1 is 1.38 bits per heavy atom. The minimum absolute atomic E-state index is 0.262. The van der Waals surface area contributed by atoms with E-state index in [4.69, 9.17) is 0 Å². The maximum atomic E-state index is 11.0. The lowest BCUT2D eigenvalue weighted by Gasteiger charge is -2.10. The van der Waals surface area contributed by atoms with Gasteiger partial charge in [-0.2, -0.15) is 0 Å². The standard InChI is InChI=1S/C17H22N2O2/c1-5-14(7-6-10-19(4)12-20)15-8-9-16(13(2)3)17(11-15)18-21/h5-9,11-13H,10H2,1-4H3/b7-6-,14-5+. The van der Waals surface area contributed by atoms with Crippen molar-refractivity contribution in [1.82, 2.24) is 4.90 Å². The molecular weight excluding hydrogens is 264 g/mol. The minimum atomic E-state index is 0.262. The van der Waals surface area contributed by atoms with E-state index in [-0.39, 0.29) is 5.92 Å². The van der Waals surface area contributed by atoms with E-state index >= 15 is 0 Å². The van der Waals surface area contributed by atoms with Crippen LogP contribution in [-0.4, -0.2) is 24.9 Å². The molecule has 4 nitrogen and oxygen atoms in total. The molecule has 0 radical (unpaired) electrons. The van der Waals surface area contributed by atoms with Crippen LogP contribution in [0.25, 0.3) is 5.57 Å². The molecule has 0 fully saturated rings. The third-order valence-electron chi connectivity index (χ3n) is 3.27. The van der Waals surface area contributed by atoms with Crippen molar-refractivity contribution in [2.75, 3.05) is 13.6 Å². The third kappa shape index (κ3) is 4.67. The number of hydrogen-bond donors (Lipinski definition) is 0. The maximum absolute atomic E-state index is 11.0. The van der Waals surface area contributed by atoms with E-state index in [0.717, 1.165) is 23.1 Å². The molecule has 0 aromatic heterocycles. The number of carbonyl (C=O) groups is 1. The highest BCUT2D eigenvalue weighted by molar-refractivity contribution is 5.76. The van der Waals surface area contributed by atoms with Crippen LogP contribution >= 0.6 is 0 Å². The molecule has 0 bridgehead atoms. The van der Waals surface area contributed by atoms with Crippen molar-refractivity contribution in [2.45, 2.75) is 26.7 Å². The highest BCUT2D eigenvalue weighted by Gasteiger charge is 2.09. The topological polar surface area (TPSA) is 49.7 Å². The van der Waals surface area contributed by atoms with E-state index in [1.807, 2.05) is 57.2 Å². The fourth-order valence-electron chi connectivity index (χ4n) is 2.04. The van der Waals surface area contributed by atoms with Crippen LogP contribution in [0.1, 0.15) is 37.8 Å². The molecular formula is C17H22N2O2. The fraction of sp³-hybridized carbons (Fsp3) is 0.353. The summed E-state index contributed by atoms with van der Waals surface area (Å²) >= 11 is 0. The first-order valence-electron chi connectivity index (χ1n) is 6.99. The Bertz CT molecular complexity index is 560. The van der Waals surface area contributed by atoms with E-state index in [1.165, 1.54) is 0 Å². The van der Waals surface area contributed by atoms with Gasteiger partial charge in [-0.05, 0) is 40.8 Å². The number of hydrogen-bond acceptors (Lipinski definition) is 3. The number of allylic oxidation sites excluding steroid dienone is 3. The zero-order valence-corrected chi connectivity index (χ0v) is 13.0. The molecule has 4 heteroatoms. The summed E-state index contributed by atoms with van der Waals surface area (Å²) in [5.41, 5.74) is 3.38. The number of rotatable bonds is 7. The van der Waals surface area contributed by atoms with Crippen LogP contribution < -0.4 is 0 Å². The normalized spacial score (nSPS) is 12.0. The van der Waals surface area contributed by atoms with Crippen LogP contribution in [0.5, 0.6) is 0 Å². The second-order valence-electron chi connectivity index (χ2n) is 5.21. The molecule has 0 atom stereocenters. The first kappa shape index (κ1) is 16.8. The van der Waals surface area contributed by atoms with Crippen LogP contribution in [0.2, 0.25) is 0 Å². The molecule has 1 rings (SSSR count). The number of amides is 1. The van der Waals surface area contributed by atoms with Gasteiger partial charge in [0.15, 0.2) is 0 Å². The average molecular weight is 286 g/mol.